The smallest absolute Gasteiger partial charge is 0.387 e. The summed E-state index contributed by atoms with van der Waals surface area (Å²) < 4.78 is 41.5. The summed E-state index contributed by atoms with van der Waals surface area (Å²) in [7, 11) is 2.76. The van der Waals surface area contributed by atoms with Crippen molar-refractivity contribution in [3.8, 4) is 11.5 Å². The van der Waals surface area contributed by atoms with Gasteiger partial charge in [-0.15, -0.1) is 0 Å². The minimum atomic E-state index is -3.22. The van der Waals surface area contributed by atoms with E-state index in [1.807, 2.05) is 0 Å². The minimum Gasteiger partial charge on any atom is -0.493 e. The molecule has 3 aromatic rings. The summed E-state index contributed by atoms with van der Waals surface area (Å²) in [6.07, 6.45) is 2.46. The van der Waals surface area contributed by atoms with Gasteiger partial charge >= 0.3 is 12.6 Å². The number of hydrogen-bond donors (Lipinski definition) is 0. The lowest BCUT2D eigenvalue weighted by atomic mass is 10.1. The SMILES string of the molecule is COc1cc(COC(=O)Cn2cnc3c(cnn3C)c2=O)c([N+](=O)[O-])cc1OC(F)F. The molecular formula is C17H15F2N5O7. The molecule has 0 aliphatic heterocycles. The van der Waals surface area contributed by atoms with Gasteiger partial charge < -0.3 is 14.2 Å². The molecule has 0 unspecified atom stereocenters. The zero-order chi connectivity index (χ0) is 22.7. The number of ether oxygens (including phenoxy) is 3. The molecule has 0 amide bonds. The molecule has 164 valence electrons. The molecule has 0 saturated carbocycles. The Hall–Kier alpha value is -4.10. The van der Waals surface area contributed by atoms with Gasteiger partial charge in [0.1, 0.15) is 24.9 Å². The molecule has 0 aliphatic carbocycles. The fourth-order valence-corrected chi connectivity index (χ4v) is 2.75. The lowest BCUT2D eigenvalue weighted by Crippen LogP contribution is -2.25. The second kappa shape index (κ2) is 8.73. The van der Waals surface area contributed by atoms with Gasteiger partial charge in [-0.2, -0.15) is 13.9 Å². The third-order valence-corrected chi connectivity index (χ3v) is 4.18. The number of carbonyl (C=O) groups is 1. The fourth-order valence-electron chi connectivity index (χ4n) is 2.75. The quantitative estimate of drug-likeness (QED) is 0.289. The van der Waals surface area contributed by atoms with Crippen LogP contribution in [0.2, 0.25) is 0 Å². The topological polar surface area (TPSA) is 141 Å². The maximum absolute atomic E-state index is 12.5. The summed E-state index contributed by atoms with van der Waals surface area (Å²) >= 11 is 0. The Kier molecular flexibility index (Phi) is 6.08. The molecule has 0 fully saturated rings. The Morgan fingerprint density at radius 2 is 2.06 bits per heavy atom. The summed E-state index contributed by atoms with van der Waals surface area (Å²) in [4.78, 5) is 39.0. The van der Waals surface area contributed by atoms with Gasteiger partial charge in [-0.3, -0.25) is 29.0 Å². The van der Waals surface area contributed by atoms with Gasteiger partial charge in [0, 0.05) is 7.05 Å². The van der Waals surface area contributed by atoms with Crippen LogP contribution in [0.1, 0.15) is 5.56 Å². The normalized spacial score (nSPS) is 11.0. The number of rotatable bonds is 8. The number of aromatic nitrogens is 4. The monoisotopic (exact) mass is 439 g/mol. The van der Waals surface area contributed by atoms with Crippen LogP contribution in [0.25, 0.3) is 11.0 Å². The summed E-state index contributed by atoms with van der Waals surface area (Å²) in [5, 5.41) is 15.4. The third-order valence-electron chi connectivity index (χ3n) is 4.18. The van der Waals surface area contributed by atoms with Gasteiger partial charge in [-0.05, 0) is 6.07 Å². The molecule has 2 aromatic heterocycles. The number of nitro benzene ring substituents is 1. The molecule has 12 nitrogen and oxygen atoms in total. The zero-order valence-electron chi connectivity index (χ0n) is 16.2. The largest absolute Gasteiger partial charge is 0.493 e. The number of aryl methyl sites for hydroxylation is 1. The van der Waals surface area contributed by atoms with Crippen LogP contribution in [0.5, 0.6) is 11.5 Å². The first kappa shape index (κ1) is 21.6. The molecule has 0 radical (unpaired) electrons. The number of carbonyl (C=O) groups excluding carboxylic acids is 1. The number of methoxy groups -OCH3 is 1. The number of fused-ring (bicyclic) bond motifs is 1. The summed E-state index contributed by atoms with van der Waals surface area (Å²) in [5.74, 6) is -1.63. The second-order valence-electron chi connectivity index (χ2n) is 6.11. The predicted molar refractivity (Wildman–Crippen MR) is 98.8 cm³/mol. The van der Waals surface area contributed by atoms with E-state index in [2.05, 4.69) is 14.8 Å². The summed E-state index contributed by atoms with van der Waals surface area (Å²) in [6.45, 7) is -4.30. The molecule has 14 heteroatoms. The van der Waals surface area contributed by atoms with E-state index < -0.39 is 47.7 Å². The Bertz CT molecular complexity index is 1210. The van der Waals surface area contributed by atoms with Crippen molar-refractivity contribution in [2.24, 2.45) is 7.05 Å². The van der Waals surface area contributed by atoms with E-state index in [4.69, 9.17) is 9.47 Å². The number of hydrogen-bond acceptors (Lipinski definition) is 9. The van der Waals surface area contributed by atoms with Gasteiger partial charge in [0.2, 0.25) is 0 Å². The van der Waals surface area contributed by atoms with E-state index in [0.29, 0.717) is 5.65 Å². The maximum Gasteiger partial charge on any atom is 0.387 e. The van der Waals surface area contributed by atoms with Crippen LogP contribution in [0.4, 0.5) is 14.5 Å². The van der Waals surface area contributed by atoms with E-state index >= 15 is 0 Å². The molecular weight excluding hydrogens is 424 g/mol. The lowest BCUT2D eigenvalue weighted by Gasteiger charge is -2.12. The number of esters is 1. The number of nitro groups is 1. The molecule has 0 atom stereocenters. The second-order valence-corrected chi connectivity index (χ2v) is 6.11. The van der Waals surface area contributed by atoms with Crippen molar-refractivity contribution >= 4 is 22.7 Å². The van der Waals surface area contributed by atoms with Gasteiger partial charge in [0.05, 0.1) is 29.9 Å². The third kappa shape index (κ3) is 4.57. The average molecular weight is 439 g/mol. The van der Waals surface area contributed by atoms with Crippen LogP contribution in [0.15, 0.2) is 29.5 Å². The van der Waals surface area contributed by atoms with E-state index in [1.54, 1.807) is 7.05 Å². The minimum absolute atomic E-state index is 0.120. The van der Waals surface area contributed by atoms with Crippen molar-refractivity contribution in [3.63, 3.8) is 0 Å². The first-order chi connectivity index (χ1) is 14.7. The number of nitrogens with zero attached hydrogens (tertiary/aromatic N) is 5. The van der Waals surface area contributed by atoms with Crippen molar-refractivity contribution in [2.75, 3.05) is 7.11 Å². The van der Waals surface area contributed by atoms with Crippen LogP contribution in [-0.2, 0) is 29.7 Å². The van der Waals surface area contributed by atoms with Crippen LogP contribution in [0.3, 0.4) is 0 Å². The Morgan fingerprint density at radius 1 is 1.32 bits per heavy atom. The fraction of sp³-hybridized carbons (Fsp3) is 0.294. The Balaban J connectivity index is 1.78. The predicted octanol–water partition coefficient (Wildman–Crippen LogP) is 1.39. The Labute approximate surface area is 171 Å². The molecule has 0 bridgehead atoms. The van der Waals surface area contributed by atoms with Crippen molar-refractivity contribution < 1.29 is 32.7 Å². The summed E-state index contributed by atoms with van der Waals surface area (Å²) in [6, 6.07) is 1.80. The van der Waals surface area contributed by atoms with E-state index in [0.717, 1.165) is 30.1 Å². The first-order valence-corrected chi connectivity index (χ1v) is 8.54. The van der Waals surface area contributed by atoms with Crippen molar-refractivity contribution in [2.45, 2.75) is 19.8 Å². The molecule has 31 heavy (non-hydrogen) atoms. The van der Waals surface area contributed by atoms with Crippen LogP contribution < -0.4 is 15.0 Å². The average Bonchev–Trinajstić information content (AvgIpc) is 3.09. The first-order valence-electron chi connectivity index (χ1n) is 8.54. The molecule has 0 aliphatic rings. The molecule has 2 heterocycles. The van der Waals surface area contributed by atoms with Crippen LogP contribution in [0, 0.1) is 10.1 Å². The Morgan fingerprint density at radius 3 is 2.71 bits per heavy atom. The number of benzene rings is 1. The highest BCUT2D eigenvalue weighted by atomic mass is 19.3. The van der Waals surface area contributed by atoms with Crippen LogP contribution >= 0.6 is 0 Å². The molecule has 0 saturated heterocycles. The van der Waals surface area contributed by atoms with E-state index in [9.17, 15) is 28.5 Å². The lowest BCUT2D eigenvalue weighted by molar-refractivity contribution is -0.386. The van der Waals surface area contributed by atoms with Gasteiger partial charge in [-0.1, -0.05) is 0 Å². The number of alkyl halides is 2. The van der Waals surface area contributed by atoms with Crippen molar-refractivity contribution in [1.29, 1.82) is 0 Å². The molecule has 0 N–H and O–H groups in total. The standard InChI is InChI=1S/C17H15F2N5O7/c1-22-15-10(5-21-22)16(26)23(8-20-15)6-14(25)30-7-9-3-12(29-2)13(31-17(18)19)4-11(9)24(27)28/h3-5,8,17H,6-7H2,1-2H3. The maximum atomic E-state index is 12.5. The van der Waals surface area contributed by atoms with E-state index in [-0.39, 0.29) is 16.7 Å². The van der Waals surface area contributed by atoms with E-state index in [1.165, 1.54) is 10.9 Å². The molecule has 1 aromatic carbocycles. The highest BCUT2D eigenvalue weighted by Crippen LogP contribution is 2.36. The van der Waals surface area contributed by atoms with Crippen molar-refractivity contribution in [3.05, 3.63) is 50.7 Å². The number of halogens is 2. The highest BCUT2D eigenvalue weighted by molar-refractivity contribution is 5.74. The molecule has 3 rings (SSSR count). The highest BCUT2D eigenvalue weighted by Gasteiger charge is 2.23. The summed E-state index contributed by atoms with van der Waals surface area (Å²) in [5.41, 5.74) is -0.912. The van der Waals surface area contributed by atoms with Crippen LogP contribution in [-0.4, -0.2) is 43.9 Å². The van der Waals surface area contributed by atoms with Gasteiger partial charge in [0.25, 0.3) is 11.2 Å². The van der Waals surface area contributed by atoms with Gasteiger partial charge in [0.15, 0.2) is 17.1 Å². The van der Waals surface area contributed by atoms with Crippen molar-refractivity contribution in [1.82, 2.24) is 19.3 Å². The molecule has 0 spiro atoms. The zero-order valence-corrected chi connectivity index (χ0v) is 16.2. The van der Waals surface area contributed by atoms with Gasteiger partial charge in [-0.25, -0.2) is 4.98 Å².